The first-order valence-electron chi connectivity index (χ1n) is 5.90. The van der Waals surface area contributed by atoms with Gasteiger partial charge in [0.1, 0.15) is 6.23 Å². The number of aliphatic hydroxyl groups is 1. The van der Waals surface area contributed by atoms with Crippen LogP contribution in [0.1, 0.15) is 18.4 Å². The first-order valence-corrected chi connectivity index (χ1v) is 5.90. The smallest absolute Gasteiger partial charge is 0.239 e. The van der Waals surface area contributed by atoms with Crippen LogP contribution in [0.2, 0.25) is 0 Å². The van der Waals surface area contributed by atoms with Crippen molar-refractivity contribution in [3.05, 3.63) is 35.9 Å². The van der Waals surface area contributed by atoms with Crippen LogP contribution in [0.5, 0.6) is 0 Å². The van der Waals surface area contributed by atoms with E-state index in [4.69, 9.17) is 0 Å². The lowest BCUT2D eigenvalue weighted by Crippen LogP contribution is -2.43. The molecule has 0 saturated carbocycles. The molecule has 4 nitrogen and oxygen atoms in total. The van der Waals surface area contributed by atoms with Crippen molar-refractivity contribution < 1.29 is 9.90 Å². The average molecular weight is 234 g/mol. The minimum atomic E-state index is -0.533. The SMILES string of the molecule is CN(Cc1ccccc1)C(=O)[C@@H]1CCC(O)N1. The molecule has 17 heavy (non-hydrogen) atoms. The van der Waals surface area contributed by atoms with Gasteiger partial charge in [-0.3, -0.25) is 10.1 Å². The van der Waals surface area contributed by atoms with Crippen LogP contribution in [-0.4, -0.2) is 35.2 Å². The first-order chi connectivity index (χ1) is 8.16. The van der Waals surface area contributed by atoms with E-state index in [2.05, 4.69) is 5.32 Å². The van der Waals surface area contributed by atoms with Crippen LogP contribution in [0.25, 0.3) is 0 Å². The predicted octanol–water partition coefficient (Wildman–Crippen LogP) is 0.715. The van der Waals surface area contributed by atoms with Gasteiger partial charge in [0.25, 0.3) is 0 Å². The second kappa shape index (κ2) is 5.29. The fourth-order valence-electron chi connectivity index (χ4n) is 2.12. The van der Waals surface area contributed by atoms with Gasteiger partial charge in [-0.1, -0.05) is 30.3 Å². The van der Waals surface area contributed by atoms with E-state index in [0.717, 1.165) is 5.56 Å². The number of rotatable bonds is 3. The van der Waals surface area contributed by atoms with Gasteiger partial charge < -0.3 is 10.0 Å². The molecule has 1 unspecified atom stereocenters. The molecule has 0 bridgehead atoms. The summed E-state index contributed by atoms with van der Waals surface area (Å²) in [5, 5.41) is 12.2. The van der Waals surface area contributed by atoms with Gasteiger partial charge >= 0.3 is 0 Å². The van der Waals surface area contributed by atoms with Crippen LogP contribution in [0, 0.1) is 0 Å². The molecular formula is C13H18N2O2. The maximum atomic E-state index is 12.0. The van der Waals surface area contributed by atoms with E-state index >= 15 is 0 Å². The third-order valence-electron chi connectivity index (χ3n) is 3.06. The second-order valence-electron chi connectivity index (χ2n) is 4.49. The summed E-state index contributed by atoms with van der Waals surface area (Å²) in [5.41, 5.74) is 1.11. The van der Waals surface area contributed by atoms with E-state index in [1.165, 1.54) is 0 Å². The number of carbonyl (C=O) groups excluding carboxylic acids is 1. The molecule has 0 aliphatic carbocycles. The fourth-order valence-corrected chi connectivity index (χ4v) is 2.12. The number of carbonyl (C=O) groups is 1. The normalized spacial score (nSPS) is 23.6. The first kappa shape index (κ1) is 12.1. The monoisotopic (exact) mass is 234 g/mol. The van der Waals surface area contributed by atoms with Crippen LogP contribution in [0.3, 0.4) is 0 Å². The molecule has 1 aliphatic heterocycles. The number of amides is 1. The maximum absolute atomic E-state index is 12.0. The summed E-state index contributed by atoms with van der Waals surface area (Å²) in [6, 6.07) is 9.65. The van der Waals surface area contributed by atoms with E-state index in [1.54, 1.807) is 11.9 Å². The number of hydrogen-bond donors (Lipinski definition) is 2. The lowest BCUT2D eigenvalue weighted by molar-refractivity contribution is -0.132. The van der Waals surface area contributed by atoms with Gasteiger partial charge in [0.05, 0.1) is 6.04 Å². The number of nitrogens with zero attached hydrogens (tertiary/aromatic N) is 1. The summed E-state index contributed by atoms with van der Waals surface area (Å²) in [5.74, 6) is 0.0467. The second-order valence-corrected chi connectivity index (χ2v) is 4.49. The van der Waals surface area contributed by atoms with Gasteiger partial charge in [0, 0.05) is 13.6 Å². The van der Waals surface area contributed by atoms with E-state index in [-0.39, 0.29) is 11.9 Å². The van der Waals surface area contributed by atoms with Crippen molar-refractivity contribution in [3.8, 4) is 0 Å². The molecule has 2 atom stereocenters. The van der Waals surface area contributed by atoms with Crippen molar-refractivity contribution in [3.63, 3.8) is 0 Å². The van der Waals surface area contributed by atoms with Gasteiger partial charge in [-0.15, -0.1) is 0 Å². The Balaban J connectivity index is 1.92. The molecule has 1 saturated heterocycles. The van der Waals surface area contributed by atoms with Crippen molar-refractivity contribution in [2.75, 3.05) is 7.05 Å². The minimum absolute atomic E-state index is 0.0467. The summed E-state index contributed by atoms with van der Waals surface area (Å²) in [7, 11) is 1.79. The zero-order valence-electron chi connectivity index (χ0n) is 9.97. The lowest BCUT2D eigenvalue weighted by atomic mass is 10.1. The Morgan fingerprint density at radius 3 is 2.71 bits per heavy atom. The molecule has 0 spiro atoms. The topological polar surface area (TPSA) is 52.6 Å². The summed E-state index contributed by atoms with van der Waals surface area (Å²) >= 11 is 0. The van der Waals surface area contributed by atoms with Gasteiger partial charge in [-0.05, 0) is 18.4 Å². The zero-order valence-corrected chi connectivity index (χ0v) is 9.97. The van der Waals surface area contributed by atoms with E-state index in [1.807, 2.05) is 30.3 Å². The standard InChI is InChI=1S/C13H18N2O2/c1-15(9-10-5-3-2-4-6-10)13(17)11-7-8-12(16)14-11/h2-6,11-12,14,16H,7-9H2,1H3/t11-,12?/m0/s1. The van der Waals surface area contributed by atoms with Crippen LogP contribution >= 0.6 is 0 Å². The quantitative estimate of drug-likeness (QED) is 0.810. The third kappa shape index (κ3) is 3.05. The predicted molar refractivity (Wildman–Crippen MR) is 65.1 cm³/mol. The van der Waals surface area contributed by atoms with Crippen molar-refractivity contribution in [2.45, 2.75) is 31.7 Å². The van der Waals surface area contributed by atoms with Crippen LogP contribution in [0.15, 0.2) is 30.3 Å². The third-order valence-corrected chi connectivity index (χ3v) is 3.06. The lowest BCUT2D eigenvalue weighted by Gasteiger charge is -2.21. The Labute approximate surface area is 101 Å². The highest BCUT2D eigenvalue weighted by Crippen LogP contribution is 2.13. The van der Waals surface area contributed by atoms with Crippen molar-refractivity contribution in [1.82, 2.24) is 10.2 Å². The molecule has 2 N–H and O–H groups in total. The molecule has 4 heteroatoms. The molecule has 92 valence electrons. The number of hydrogen-bond acceptors (Lipinski definition) is 3. The molecule has 1 aromatic carbocycles. The van der Waals surface area contributed by atoms with Gasteiger partial charge in [-0.25, -0.2) is 0 Å². The molecule has 1 amide bonds. The van der Waals surface area contributed by atoms with Crippen LogP contribution in [0.4, 0.5) is 0 Å². The van der Waals surface area contributed by atoms with Crippen molar-refractivity contribution in [2.24, 2.45) is 0 Å². The maximum Gasteiger partial charge on any atom is 0.239 e. The highest BCUT2D eigenvalue weighted by Gasteiger charge is 2.29. The van der Waals surface area contributed by atoms with E-state index in [9.17, 15) is 9.90 Å². The molecular weight excluding hydrogens is 216 g/mol. The molecule has 1 heterocycles. The summed E-state index contributed by atoms with van der Waals surface area (Å²) in [6.07, 6.45) is 0.823. The zero-order chi connectivity index (χ0) is 12.3. The number of aliphatic hydroxyl groups excluding tert-OH is 1. The Hall–Kier alpha value is -1.39. The Bertz CT molecular complexity index is 380. The molecule has 0 aromatic heterocycles. The Kier molecular flexibility index (Phi) is 3.76. The van der Waals surface area contributed by atoms with Crippen molar-refractivity contribution >= 4 is 5.91 Å². The molecule has 2 rings (SSSR count). The summed E-state index contributed by atoms with van der Waals surface area (Å²) in [6.45, 7) is 0.605. The number of nitrogens with one attached hydrogen (secondary N) is 1. The minimum Gasteiger partial charge on any atom is -0.379 e. The van der Waals surface area contributed by atoms with Gasteiger partial charge in [-0.2, -0.15) is 0 Å². The van der Waals surface area contributed by atoms with Crippen molar-refractivity contribution in [1.29, 1.82) is 0 Å². The molecule has 1 fully saturated rings. The molecule has 1 aromatic rings. The van der Waals surface area contributed by atoms with E-state index in [0.29, 0.717) is 19.4 Å². The molecule has 0 radical (unpaired) electrons. The Morgan fingerprint density at radius 1 is 1.41 bits per heavy atom. The van der Waals surface area contributed by atoms with Gasteiger partial charge in [0.15, 0.2) is 0 Å². The van der Waals surface area contributed by atoms with Crippen LogP contribution < -0.4 is 5.32 Å². The fraction of sp³-hybridized carbons (Fsp3) is 0.462. The summed E-state index contributed by atoms with van der Waals surface area (Å²) in [4.78, 5) is 13.7. The summed E-state index contributed by atoms with van der Waals surface area (Å²) < 4.78 is 0. The number of likely N-dealkylation sites (N-methyl/N-ethyl adjacent to an activating group) is 1. The highest BCUT2D eigenvalue weighted by molar-refractivity contribution is 5.82. The largest absolute Gasteiger partial charge is 0.379 e. The van der Waals surface area contributed by atoms with Crippen LogP contribution in [-0.2, 0) is 11.3 Å². The Morgan fingerprint density at radius 2 is 2.12 bits per heavy atom. The average Bonchev–Trinajstić information content (AvgIpc) is 2.76. The van der Waals surface area contributed by atoms with E-state index < -0.39 is 6.23 Å². The van der Waals surface area contributed by atoms with Gasteiger partial charge in [0.2, 0.25) is 5.91 Å². The highest BCUT2D eigenvalue weighted by atomic mass is 16.3. The number of benzene rings is 1. The molecule has 1 aliphatic rings.